The minimum Gasteiger partial charge on any atom is -0.352 e. The molecule has 0 heterocycles. The number of rotatable bonds is 4. The zero-order valence-corrected chi connectivity index (χ0v) is 12.1. The van der Waals surface area contributed by atoms with E-state index in [0.29, 0.717) is 5.92 Å². The third-order valence-electron chi connectivity index (χ3n) is 3.08. The first-order valence-electron chi connectivity index (χ1n) is 5.76. The molecule has 0 aromatic carbocycles. The summed E-state index contributed by atoms with van der Waals surface area (Å²) in [5.41, 5.74) is 5.69. The summed E-state index contributed by atoms with van der Waals surface area (Å²) < 4.78 is 0. The second-order valence-electron chi connectivity index (χ2n) is 5.53. The fraction of sp³-hybridized carbons (Fsp3) is 0.917. The Morgan fingerprint density at radius 2 is 1.75 bits per heavy atom. The van der Waals surface area contributed by atoms with Crippen LogP contribution in [0.2, 0.25) is 0 Å². The minimum absolute atomic E-state index is 0. The molecule has 0 aliphatic rings. The summed E-state index contributed by atoms with van der Waals surface area (Å²) >= 11 is 0. The summed E-state index contributed by atoms with van der Waals surface area (Å²) in [6.07, 6.45) is 1.06. The van der Waals surface area contributed by atoms with Crippen LogP contribution in [0, 0.1) is 11.3 Å². The second-order valence-corrected chi connectivity index (χ2v) is 5.53. The number of carbonyl (C=O) groups excluding carboxylic acids is 1. The molecular formula is C12H27ClN2O. The van der Waals surface area contributed by atoms with Gasteiger partial charge in [-0.2, -0.15) is 0 Å². The molecule has 0 saturated carbocycles. The lowest BCUT2D eigenvalue weighted by atomic mass is 9.86. The van der Waals surface area contributed by atoms with Gasteiger partial charge in [0.05, 0.1) is 6.04 Å². The standard InChI is InChI=1S/C12H26N2O.ClH/c1-7-8(2)9(3)14-11(15)10(13)12(4,5)6;/h8-10H,7,13H2,1-6H3,(H,14,15);1H/t8?,9?,10-;/m1./s1. The van der Waals surface area contributed by atoms with E-state index in [4.69, 9.17) is 5.73 Å². The van der Waals surface area contributed by atoms with Gasteiger partial charge in [-0.25, -0.2) is 0 Å². The topological polar surface area (TPSA) is 55.1 Å². The summed E-state index contributed by atoms with van der Waals surface area (Å²) in [6.45, 7) is 12.2. The first-order chi connectivity index (χ1) is 6.70. The molecule has 16 heavy (non-hydrogen) atoms. The summed E-state index contributed by atoms with van der Waals surface area (Å²) in [4.78, 5) is 11.8. The Balaban J connectivity index is 0. The number of halogens is 1. The first kappa shape index (κ1) is 18.1. The second kappa shape index (κ2) is 7.13. The molecule has 3 nitrogen and oxygen atoms in total. The van der Waals surface area contributed by atoms with E-state index in [-0.39, 0.29) is 29.8 Å². The predicted octanol–water partition coefficient (Wildman–Crippen LogP) is 2.33. The molecule has 3 atom stereocenters. The lowest BCUT2D eigenvalue weighted by Gasteiger charge is -2.28. The molecule has 0 fully saturated rings. The number of carbonyl (C=O) groups is 1. The van der Waals surface area contributed by atoms with Crippen molar-refractivity contribution in [2.45, 2.75) is 60.0 Å². The highest BCUT2D eigenvalue weighted by molar-refractivity contribution is 5.85. The molecule has 0 radical (unpaired) electrons. The molecule has 3 N–H and O–H groups in total. The molecule has 0 aromatic heterocycles. The molecule has 4 heteroatoms. The SMILES string of the molecule is CCC(C)C(C)NC(=O)[C@@H](N)C(C)(C)C.Cl. The van der Waals surface area contributed by atoms with Gasteiger partial charge in [-0.1, -0.05) is 41.0 Å². The third kappa shape index (κ3) is 5.71. The monoisotopic (exact) mass is 250 g/mol. The van der Waals surface area contributed by atoms with Crippen molar-refractivity contribution >= 4 is 18.3 Å². The van der Waals surface area contributed by atoms with E-state index in [2.05, 4.69) is 19.2 Å². The van der Waals surface area contributed by atoms with Crippen molar-refractivity contribution < 1.29 is 4.79 Å². The van der Waals surface area contributed by atoms with E-state index in [1.54, 1.807) is 0 Å². The number of amides is 1. The minimum atomic E-state index is -0.441. The fourth-order valence-electron chi connectivity index (χ4n) is 1.20. The Morgan fingerprint density at radius 3 is 2.06 bits per heavy atom. The molecule has 2 unspecified atom stereocenters. The lowest BCUT2D eigenvalue weighted by Crippen LogP contribution is -2.51. The molecule has 0 saturated heterocycles. The molecule has 98 valence electrons. The number of hydrogen-bond donors (Lipinski definition) is 2. The van der Waals surface area contributed by atoms with Crippen LogP contribution in [-0.2, 0) is 4.79 Å². The molecule has 1 amide bonds. The summed E-state index contributed by atoms with van der Waals surface area (Å²) in [5.74, 6) is 0.441. The smallest absolute Gasteiger partial charge is 0.237 e. The molecule has 0 aromatic rings. The van der Waals surface area contributed by atoms with Gasteiger partial charge >= 0.3 is 0 Å². The van der Waals surface area contributed by atoms with Gasteiger partial charge in [0, 0.05) is 6.04 Å². The largest absolute Gasteiger partial charge is 0.352 e. The highest BCUT2D eigenvalue weighted by atomic mass is 35.5. The summed E-state index contributed by atoms with van der Waals surface area (Å²) in [5, 5.41) is 2.97. The van der Waals surface area contributed by atoms with Gasteiger partial charge < -0.3 is 11.1 Å². The maximum Gasteiger partial charge on any atom is 0.237 e. The van der Waals surface area contributed by atoms with Crippen LogP contribution < -0.4 is 11.1 Å². The zero-order valence-electron chi connectivity index (χ0n) is 11.3. The van der Waals surface area contributed by atoms with Crippen LogP contribution in [0.15, 0.2) is 0 Å². The Labute approximate surface area is 106 Å². The Hall–Kier alpha value is -0.280. The number of nitrogens with two attached hydrogens (primary N) is 1. The Kier molecular flexibility index (Phi) is 8.06. The maximum atomic E-state index is 11.8. The highest BCUT2D eigenvalue weighted by Gasteiger charge is 2.28. The van der Waals surface area contributed by atoms with Crippen molar-refractivity contribution in [3.05, 3.63) is 0 Å². The van der Waals surface area contributed by atoms with Crippen LogP contribution >= 0.6 is 12.4 Å². The molecule has 0 aliphatic heterocycles. The quantitative estimate of drug-likeness (QED) is 0.805. The van der Waals surface area contributed by atoms with E-state index in [0.717, 1.165) is 6.42 Å². The van der Waals surface area contributed by atoms with Crippen molar-refractivity contribution in [1.29, 1.82) is 0 Å². The van der Waals surface area contributed by atoms with Crippen molar-refractivity contribution in [2.75, 3.05) is 0 Å². The lowest BCUT2D eigenvalue weighted by molar-refractivity contribution is -0.125. The number of hydrogen-bond acceptors (Lipinski definition) is 2. The van der Waals surface area contributed by atoms with Crippen LogP contribution in [0.5, 0.6) is 0 Å². The van der Waals surface area contributed by atoms with Gasteiger partial charge in [-0.15, -0.1) is 12.4 Å². The van der Waals surface area contributed by atoms with E-state index in [9.17, 15) is 4.79 Å². The average molecular weight is 251 g/mol. The Morgan fingerprint density at radius 1 is 1.31 bits per heavy atom. The van der Waals surface area contributed by atoms with E-state index >= 15 is 0 Å². The molecule has 0 spiro atoms. The average Bonchev–Trinajstić information content (AvgIpc) is 2.13. The predicted molar refractivity (Wildman–Crippen MR) is 71.7 cm³/mol. The first-order valence-corrected chi connectivity index (χ1v) is 5.76. The van der Waals surface area contributed by atoms with Crippen LogP contribution in [0.3, 0.4) is 0 Å². The van der Waals surface area contributed by atoms with Crippen LogP contribution in [0.25, 0.3) is 0 Å². The molecule has 0 rings (SSSR count). The van der Waals surface area contributed by atoms with Crippen LogP contribution in [0.1, 0.15) is 48.0 Å². The van der Waals surface area contributed by atoms with Crippen molar-refractivity contribution in [2.24, 2.45) is 17.1 Å². The molecular weight excluding hydrogens is 224 g/mol. The van der Waals surface area contributed by atoms with Crippen LogP contribution in [0.4, 0.5) is 0 Å². The normalized spacial score (nSPS) is 16.9. The van der Waals surface area contributed by atoms with Crippen molar-refractivity contribution in [1.82, 2.24) is 5.32 Å². The van der Waals surface area contributed by atoms with Gasteiger partial charge in [-0.3, -0.25) is 4.79 Å². The Bertz CT molecular complexity index is 214. The number of nitrogens with one attached hydrogen (secondary N) is 1. The van der Waals surface area contributed by atoms with Crippen LogP contribution in [-0.4, -0.2) is 18.0 Å². The highest BCUT2D eigenvalue weighted by Crippen LogP contribution is 2.17. The summed E-state index contributed by atoms with van der Waals surface area (Å²) in [6, 6.07) is -0.250. The molecule has 0 aliphatic carbocycles. The fourth-order valence-corrected chi connectivity index (χ4v) is 1.20. The van der Waals surface area contributed by atoms with Crippen molar-refractivity contribution in [3.8, 4) is 0 Å². The third-order valence-corrected chi connectivity index (χ3v) is 3.08. The van der Waals surface area contributed by atoms with Gasteiger partial charge in [0.25, 0.3) is 0 Å². The van der Waals surface area contributed by atoms with Gasteiger partial charge in [0.15, 0.2) is 0 Å². The van der Waals surface area contributed by atoms with Crippen molar-refractivity contribution in [3.63, 3.8) is 0 Å². The van der Waals surface area contributed by atoms with E-state index < -0.39 is 6.04 Å². The van der Waals surface area contributed by atoms with Gasteiger partial charge in [-0.05, 0) is 18.3 Å². The van der Waals surface area contributed by atoms with Gasteiger partial charge in [0.1, 0.15) is 0 Å². The van der Waals surface area contributed by atoms with E-state index in [1.807, 2.05) is 27.7 Å². The van der Waals surface area contributed by atoms with Gasteiger partial charge in [0.2, 0.25) is 5.91 Å². The zero-order chi connectivity index (χ0) is 12.2. The maximum absolute atomic E-state index is 11.8. The van der Waals surface area contributed by atoms with E-state index in [1.165, 1.54) is 0 Å². The summed E-state index contributed by atoms with van der Waals surface area (Å²) in [7, 11) is 0. The molecule has 0 bridgehead atoms.